The van der Waals surface area contributed by atoms with E-state index in [2.05, 4.69) is 15.9 Å². The Morgan fingerprint density at radius 2 is 1.95 bits per heavy atom. The summed E-state index contributed by atoms with van der Waals surface area (Å²) in [5, 5.41) is 0. The molecule has 2 aromatic rings. The second-order valence-corrected chi connectivity index (χ2v) is 6.97. The number of amides is 1. The zero-order chi connectivity index (χ0) is 13.8. The number of hydrogen-bond acceptors (Lipinski definition) is 2. The number of carbonyl (C=O) groups is 1. The Morgan fingerprint density at radius 3 is 2.53 bits per heavy atom. The van der Waals surface area contributed by atoms with Crippen molar-refractivity contribution in [1.29, 1.82) is 0 Å². The summed E-state index contributed by atoms with van der Waals surface area (Å²) < 4.78 is 1.77. The Hall–Kier alpha value is -0.840. The molecule has 0 spiro atoms. The van der Waals surface area contributed by atoms with Crippen LogP contribution in [0.2, 0.25) is 4.34 Å². The van der Waals surface area contributed by atoms with Crippen molar-refractivity contribution in [3.8, 4) is 0 Å². The Bertz CT molecular complexity index is 567. The van der Waals surface area contributed by atoms with E-state index in [1.165, 1.54) is 11.3 Å². The quantitative estimate of drug-likeness (QED) is 0.795. The topological polar surface area (TPSA) is 20.3 Å². The molecule has 0 saturated carbocycles. The number of rotatable bonds is 4. The number of thiophene rings is 1. The van der Waals surface area contributed by atoms with Gasteiger partial charge >= 0.3 is 0 Å². The van der Waals surface area contributed by atoms with Gasteiger partial charge in [0.05, 0.1) is 17.3 Å². The van der Waals surface area contributed by atoms with Crippen LogP contribution >= 0.6 is 38.9 Å². The fraction of sp³-hybridized carbons (Fsp3) is 0.214. The molecule has 0 aliphatic rings. The average molecular weight is 359 g/mol. The monoisotopic (exact) mass is 357 g/mol. The largest absolute Gasteiger partial charge is 0.340 e. The first kappa shape index (κ1) is 14.6. The van der Waals surface area contributed by atoms with Gasteiger partial charge in [0.25, 0.3) is 0 Å². The Kier molecular flexibility index (Phi) is 5.02. The third-order valence-electron chi connectivity index (χ3n) is 2.72. The van der Waals surface area contributed by atoms with E-state index in [1.807, 2.05) is 43.4 Å². The number of carbonyl (C=O) groups excluding carboxylic acids is 1. The van der Waals surface area contributed by atoms with Gasteiger partial charge in [0.1, 0.15) is 0 Å². The van der Waals surface area contributed by atoms with E-state index < -0.39 is 0 Å². The summed E-state index contributed by atoms with van der Waals surface area (Å²) in [6, 6.07) is 11.6. The van der Waals surface area contributed by atoms with Gasteiger partial charge in [-0.05, 0) is 29.8 Å². The summed E-state index contributed by atoms with van der Waals surface area (Å²) in [5.41, 5.74) is 1.02. The highest BCUT2D eigenvalue weighted by molar-refractivity contribution is 9.10. The SMILES string of the molecule is CN(Cc1ccc(Cl)s1)C(=O)Cc1ccc(Br)cc1. The van der Waals surface area contributed by atoms with Crippen LogP contribution in [0.25, 0.3) is 0 Å². The smallest absolute Gasteiger partial charge is 0.227 e. The van der Waals surface area contributed by atoms with Crippen molar-refractivity contribution in [3.63, 3.8) is 0 Å². The lowest BCUT2D eigenvalue weighted by atomic mass is 10.1. The standard InChI is InChI=1S/C14H13BrClNOS/c1-17(9-12-6-7-13(16)19-12)14(18)8-10-2-4-11(15)5-3-10/h2-7H,8-9H2,1H3. The van der Waals surface area contributed by atoms with Gasteiger partial charge in [-0.3, -0.25) is 4.79 Å². The van der Waals surface area contributed by atoms with Crippen LogP contribution in [0.3, 0.4) is 0 Å². The highest BCUT2D eigenvalue weighted by atomic mass is 79.9. The molecule has 0 radical (unpaired) electrons. The maximum atomic E-state index is 12.1. The lowest BCUT2D eigenvalue weighted by Gasteiger charge is -2.16. The predicted octanol–water partition coefficient (Wildman–Crippen LogP) is 4.37. The number of benzene rings is 1. The number of halogens is 2. The predicted molar refractivity (Wildman–Crippen MR) is 83.6 cm³/mol. The Balaban J connectivity index is 1.94. The van der Waals surface area contributed by atoms with Gasteiger partial charge in [-0.25, -0.2) is 0 Å². The van der Waals surface area contributed by atoms with Gasteiger partial charge in [-0.2, -0.15) is 0 Å². The van der Waals surface area contributed by atoms with E-state index in [0.717, 1.165) is 19.2 Å². The molecule has 5 heteroatoms. The number of likely N-dealkylation sites (N-methyl/N-ethyl adjacent to an activating group) is 1. The second kappa shape index (κ2) is 6.55. The number of nitrogens with zero attached hydrogens (tertiary/aromatic N) is 1. The van der Waals surface area contributed by atoms with Crippen LogP contribution in [0, 0.1) is 0 Å². The molecule has 0 atom stereocenters. The fourth-order valence-electron chi connectivity index (χ4n) is 1.67. The minimum atomic E-state index is 0.104. The summed E-state index contributed by atoms with van der Waals surface area (Å²) in [5.74, 6) is 0.104. The van der Waals surface area contributed by atoms with Gasteiger partial charge in [-0.1, -0.05) is 39.7 Å². The Morgan fingerprint density at radius 1 is 1.26 bits per heavy atom. The third kappa shape index (κ3) is 4.34. The molecule has 0 N–H and O–H groups in total. The zero-order valence-corrected chi connectivity index (χ0v) is 13.6. The molecule has 19 heavy (non-hydrogen) atoms. The highest BCUT2D eigenvalue weighted by Gasteiger charge is 2.11. The molecule has 0 unspecified atom stereocenters. The van der Waals surface area contributed by atoms with E-state index >= 15 is 0 Å². The van der Waals surface area contributed by atoms with Gasteiger partial charge in [0, 0.05) is 16.4 Å². The van der Waals surface area contributed by atoms with E-state index in [4.69, 9.17) is 11.6 Å². The molecule has 1 amide bonds. The van der Waals surface area contributed by atoms with Crippen molar-refractivity contribution in [2.45, 2.75) is 13.0 Å². The van der Waals surface area contributed by atoms with Gasteiger partial charge in [0.2, 0.25) is 5.91 Å². The average Bonchev–Trinajstić information content (AvgIpc) is 2.77. The van der Waals surface area contributed by atoms with Gasteiger partial charge in [-0.15, -0.1) is 11.3 Å². The van der Waals surface area contributed by atoms with Crippen LogP contribution in [0.4, 0.5) is 0 Å². The molecule has 0 bridgehead atoms. The third-order valence-corrected chi connectivity index (χ3v) is 4.46. The molecule has 2 nitrogen and oxygen atoms in total. The molecule has 1 aromatic heterocycles. The molecule has 1 heterocycles. The van der Waals surface area contributed by atoms with E-state index in [-0.39, 0.29) is 5.91 Å². The molecular formula is C14H13BrClNOS. The summed E-state index contributed by atoms with van der Waals surface area (Å²) in [6.45, 7) is 0.604. The minimum Gasteiger partial charge on any atom is -0.340 e. The van der Waals surface area contributed by atoms with Crippen molar-refractivity contribution in [2.75, 3.05) is 7.05 Å². The maximum Gasteiger partial charge on any atom is 0.227 e. The van der Waals surface area contributed by atoms with Crippen molar-refractivity contribution in [1.82, 2.24) is 4.90 Å². The second-order valence-electron chi connectivity index (χ2n) is 4.26. The Labute approximate surface area is 130 Å². The minimum absolute atomic E-state index is 0.104. The zero-order valence-electron chi connectivity index (χ0n) is 10.4. The molecule has 0 aliphatic heterocycles. The normalized spacial score (nSPS) is 10.5. The number of hydrogen-bond donors (Lipinski definition) is 0. The van der Waals surface area contributed by atoms with Crippen molar-refractivity contribution in [2.24, 2.45) is 0 Å². The van der Waals surface area contributed by atoms with Gasteiger partial charge in [0.15, 0.2) is 0 Å². The van der Waals surface area contributed by atoms with E-state index in [9.17, 15) is 4.79 Å². The van der Waals surface area contributed by atoms with Crippen LogP contribution < -0.4 is 0 Å². The van der Waals surface area contributed by atoms with Crippen LogP contribution in [0.5, 0.6) is 0 Å². The fourth-order valence-corrected chi connectivity index (χ4v) is 3.08. The van der Waals surface area contributed by atoms with Crippen LogP contribution in [0.15, 0.2) is 40.9 Å². The molecule has 0 saturated heterocycles. The first-order valence-corrected chi connectivity index (χ1v) is 7.76. The van der Waals surface area contributed by atoms with E-state index in [0.29, 0.717) is 13.0 Å². The molecule has 0 aliphatic carbocycles. The van der Waals surface area contributed by atoms with Crippen LogP contribution in [-0.4, -0.2) is 17.9 Å². The summed E-state index contributed by atoms with van der Waals surface area (Å²) in [6.07, 6.45) is 0.420. The summed E-state index contributed by atoms with van der Waals surface area (Å²) in [4.78, 5) is 14.9. The highest BCUT2D eigenvalue weighted by Crippen LogP contribution is 2.22. The van der Waals surface area contributed by atoms with Crippen LogP contribution in [-0.2, 0) is 17.8 Å². The molecule has 0 fully saturated rings. The molecular weight excluding hydrogens is 346 g/mol. The van der Waals surface area contributed by atoms with Crippen LogP contribution in [0.1, 0.15) is 10.4 Å². The first-order chi connectivity index (χ1) is 9.04. The lowest BCUT2D eigenvalue weighted by Crippen LogP contribution is -2.27. The van der Waals surface area contributed by atoms with Crippen molar-refractivity contribution >= 4 is 44.8 Å². The lowest BCUT2D eigenvalue weighted by molar-refractivity contribution is -0.129. The summed E-state index contributed by atoms with van der Waals surface area (Å²) in [7, 11) is 1.81. The first-order valence-electron chi connectivity index (χ1n) is 5.77. The molecule has 1 aromatic carbocycles. The molecule has 2 rings (SSSR count). The maximum absolute atomic E-state index is 12.1. The molecule has 100 valence electrons. The van der Waals surface area contributed by atoms with E-state index in [1.54, 1.807) is 4.90 Å². The van der Waals surface area contributed by atoms with Crippen molar-refractivity contribution < 1.29 is 4.79 Å². The van der Waals surface area contributed by atoms with Gasteiger partial charge < -0.3 is 4.90 Å². The summed E-state index contributed by atoms with van der Waals surface area (Å²) >= 11 is 10.8. The van der Waals surface area contributed by atoms with Crippen molar-refractivity contribution in [3.05, 3.63) is 55.6 Å².